The molecule has 1 amide bonds. The Labute approximate surface area is 108 Å². The molecule has 0 atom stereocenters. The van der Waals surface area contributed by atoms with Crippen molar-refractivity contribution in [3.05, 3.63) is 24.0 Å². The van der Waals surface area contributed by atoms with Gasteiger partial charge >= 0.3 is 0 Å². The van der Waals surface area contributed by atoms with E-state index in [0.717, 1.165) is 25.9 Å². The second-order valence-corrected chi connectivity index (χ2v) is 5.43. The number of carbonyl (C=O) groups is 1. The van der Waals surface area contributed by atoms with Crippen LogP contribution in [0.25, 0.3) is 0 Å². The highest BCUT2D eigenvalue weighted by Gasteiger charge is 2.30. The van der Waals surface area contributed by atoms with Gasteiger partial charge in [0.15, 0.2) is 0 Å². The third kappa shape index (κ3) is 2.63. The van der Waals surface area contributed by atoms with Crippen LogP contribution in [-0.2, 0) is 0 Å². The molecular weight excluding hydrogens is 226 g/mol. The summed E-state index contributed by atoms with van der Waals surface area (Å²) in [6, 6.07) is 3.34. The Morgan fingerprint density at radius 1 is 1.50 bits per heavy atom. The fourth-order valence-electron chi connectivity index (χ4n) is 2.33. The van der Waals surface area contributed by atoms with E-state index in [-0.39, 0.29) is 5.91 Å². The van der Waals surface area contributed by atoms with Crippen molar-refractivity contribution in [2.45, 2.75) is 33.1 Å². The molecule has 2 N–H and O–H groups in total. The van der Waals surface area contributed by atoms with E-state index in [1.165, 1.54) is 6.42 Å². The Morgan fingerprint density at radius 3 is 2.72 bits per heavy atom. The maximum Gasteiger partial charge on any atom is 0.272 e. The highest BCUT2D eigenvalue weighted by Crippen LogP contribution is 2.34. The SMILES string of the molecule is CCC1(C)CCN(C(=O)c2cc(N)ccn2)CC1. The predicted octanol–water partition coefficient (Wildman–Crippen LogP) is 2.32. The van der Waals surface area contributed by atoms with Crippen molar-refractivity contribution in [3.8, 4) is 0 Å². The molecule has 0 radical (unpaired) electrons. The van der Waals surface area contributed by atoms with Gasteiger partial charge in [0.2, 0.25) is 0 Å². The summed E-state index contributed by atoms with van der Waals surface area (Å²) in [5.41, 5.74) is 7.11. The normalized spacial score (nSPS) is 18.7. The number of nitrogens with zero attached hydrogens (tertiary/aromatic N) is 2. The Morgan fingerprint density at radius 2 is 2.17 bits per heavy atom. The Hall–Kier alpha value is -1.58. The Kier molecular flexibility index (Phi) is 3.55. The number of nitrogen functional groups attached to an aromatic ring is 1. The molecule has 2 rings (SSSR count). The summed E-state index contributed by atoms with van der Waals surface area (Å²) >= 11 is 0. The molecule has 98 valence electrons. The molecule has 0 spiro atoms. The molecular formula is C14H21N3O. The molecule has 1 aromatic heterocycles. The van der Waals surface area contributed by atoms with Gasteiger partial charge in [0.1, 0.15) is 5.69 Å². The van der Waals surface area contributed by atoms with E-state index >= 15 is 0 Å². The molecule has 4 nitrogen and oxygen atoms in total. The van der Waals surface area contributed by atoms with E-state index in [9.17, 15) is 4.79 Å². The van der Waals surface area contributed by atoms with Gasteiger partial charge in [0.05, 0.1) is 0 Å². The third-order valence-electron chi connectivity index (χ3n) is 4.11. The zero-order valence-corrected chi connectivity index (χ0v) is 11.1. The minimum absolute atomic E-state index is 0.000420. The van der Waals surface area contributed by atoms with Crippen molar-refractivity contribution in [1.82, 2.24) is 9.88 Å². The number of hydrogen-bond acceptors (Lipinski definition) is 3. The maximum absolute atomic E-state index is 12.3. The molecule has 0 saturated carbocycles. The highest BCUT2D eigenvalue weighted by molar-refractivity contribution is 5.93. The fourth-order valence-corrected chi connectivity index (χ4v) is 2.33. The molecule has 4 heteroatoms. The zero-order chi connectivity index (χ0) is 13.2. The number of anilines is 1. The number of nitrogens with two attached hydrogens (primary N) is 1. The van der Waals surface area contributed by atoms with Gasteiger partial charge in [-0.2, -0.15) is 0 Å². The Bertz CT molecular complexity index is 436. The number of aromatic nitrogens is 1. The van der Waals surface area contributed by atoms with E-state index in [0.29, 0.717) is 16.8 Å². The van der Waals surface area contributed by atoms with Crippen LogP contribution in [0.15, 0.2) is 18.3 Å². The van der Waals surface area contributed by atoms with Crippen LogP contribution in [0.3, 0.4) is 0 Å². The summed E-state index contributed by atoms with van der Waals surface area (Å²) in [7, 11) is 0. The van der Waals surface area contributed by atoms with Crippen LogP contribution in [0, 0.1) is 5.41 Å². The topological polar surface area (TPSA) is 59.2 Å². The monoisotopic (exact) mass is 247 g/mol. The van der Waals surface area contributed by atoms with Crippen LogP contribution >= 0.6 is 0 Å². The van der Waals surface area contributed by atoms with E-state index in [1.54, 1.807) is 18.3 Å². The van der Waals surface area contributed by atoms with Gasteiger partial charge in [-0.1, -0.05) is 20.3 Å². The number of amides is 1. The smallest absolute Gasteiger partial charge is 0.272 e. The summed E-state index contributed by atoms with van der Waals surface area (Å²) in [6.45, 7) is 6.16. The fraction of sp³-hybridized carbons (Fsp3) is 0.571. The number of likely N-dealkylation sites (tertiary alicyclic amines) is 1. The predicted molar refractivity (Wildman–Crippen MR) is 72.2 cm³/mol. The van der Waals surface area contributed by atoms with Gasteiger partial charge in [-0.25, -0.2) is 0 Å². The van der Waals surface area contributed by atoms with Crippen molar-refractivity contribution >= 4 is 11.6 Å². The maximum atomic E-state index is 12.3. The lowest BCUT2D eigenvalue weighted by atomic mass is 9.78. The quantitative estimate of drug-likeness (QED) is 0.872. The van der Waals surface area contributed by atoms with Crippen molar-refractivity contribution in [2.24, 2.45) is 5.41 Å². The molecule has 0 aliphatic carbocycles. The van der Waals surface area contributed by atoms with Crippen molar-refractivity contribution < 1.29 is 4.79 Å². The second kappa shape index (κ2) is 4.96. The molecule has 0 bridgehead atoms. The third-order valence-corrected chi connectivity index (χ3v) is 4.11. The lowest BCUT2D eigenvalue weighted by Gasteiger charge is -2.38. The zero-order valence-electron chi connectivity index (χ0n) is 11.1. The molecule has 1 aromatic rings. The van der Waals surface area contributed by atoms with Gasteiger partial charge in [-0.3, -0.25) is 9.78 Å². The summed E-state index contributed by atoms with van der Waals surface area (Å²) in [5.74, 6) is 0.000420. The summed E-state index contributed by atoms with van der Waals surface area (Å²) < 4.78 is 0. The van der Waals surface area contributed by atoms with Crippen LogP contribution in [0.5, 0.6) is 0 Å². The molecule has 1 saturated heterocycles. The molecule has 2 heterocycles. The first-order chi connectivity index (χ1) is 8.54. The lowest BCUT2D eigenvalue weighted by Crippen LogP contribution is -2.42. The van der Waals surface area contributed by atoms with Crippen LogP contribution < -0.4 is 5.73 Å². The number of pyridine rings is 1. The van der Waals surface area contributed by atoms with E-state index < -0.39 is 0 Å². The summed E-state index contributed by atoms with van der Waals surface area (Å²) in [6.07, 6.45) is 4.89. The minimum Gasteiger partial charge on any atom is -0.399 e. The first kappa shape index (κ1) is 12.9. The molecule has 0 aromatic carbocycles. The van der Waals surface area contributed by atoms with E-state index in [2.05, 4.69) is 18.8 Å². The van der Waals surface area contributed by atoms with Crippen molar-refractivity contribution in [2.75, 3.05) is 18.8 Å². The standard InChI is InChI=1S/C14H21N3O/c1-3-14(2)5-8-17(9-6-14)13(18)12-10-11(15)4-7-16-12/h4,7,10H,3,5-6,8-9H2,1-2H3,(H2,15,16). The number of piperidine rings is 1. The number of hydrogen-bond donors (Lipinski definition) is 1. The molecule has 0 unspecified atom stereocenters. The second-order valence-electron chi connectivity index (χ2n) is 5.43. The van der Waals surface area contributed by atoms with Crippen molar-refractivity contribution in [3.63, 3.8) is 0 Å². The van der Waals surface area contributed by atoms with Crippen molar-refractivity contribution in [1.29, 1.82) is 0 Å². The number of rotatable bonds is 2. The van der Waals surface area contributed by atoms with E-state index in [1.807, 2.05) is 4.90 Å². The van der Waals surface area contributed by atoms with Crippen LogP contribution in [0.2, 0.25) is 0 Å². The average Bonchev–Trinajstić information content (AvgIpc) is 2.39. The average molecular weight is 247 g/mol. The van der Waals surface area contributed by atoms with Crippen LogP contribution in [0.1, 0.15) is 43.6 Å². The molecule has 1 fully saturated rings. The largest absolute Gasteiger partial charge is 0.399 e. The number of carbonyl (C=O) groups excluding carboxylic acids is 1. The first-order valence-electron chi connectivity index (χ1n) is 6.55. The Balaban J connectivity index is 2.04. The highest BCUT2D eigenvalue weighted by atomic mass is 16.2. The van der Waals surface area contributed by atoms with E-state index in [4.69, 9.17) is 5.73 Å². The molecule has 1 aliphatic rings. The van der Waals surface area contributed by atoms with Gasteiger partial charge in [0.25, 0.3) is 5.91 Å². The molecule has 18 heavy (non-hydrogen) atoms. The summed E-state index contributed by atoms with van der Waals surface area (Å²) in [5, 5.41) is 0. The van der Waals surface area contributed by atoms with Crippen LogP contribution in [0.4, 0.5) is 5.69 Å². The lowest BCUT2D eigenvalue weighted by molar-refractivity contribution is 0.0594. The minimum atomic E-state index is 0.000420. The first-order valence-corrected chi connectivity index (χ1v) is 6.55. The summed E-state index contributed by atoms with van der Waals surface area (Å²) in [4.78, 5) is 18.2. The van der Waals surface area contributed by atoms with Gasteiger partial charge in [0, 0.05) is 25.0 Å². The van der Waals surface area contributed by atoms with Crippen LogP contribution in [-0.4, -0.2) is 28.9 Å². The molecule has 1 aliphatic heterocycles. The van der Waals surface area contributed by atoms with Gasteiger partial charge in [-0.15, -0.1) is 0 Å². The van der Waals surface area contributed by atoms with Gasteiger partial charge < -0.3 is 10.6 Å². The van der Waals surface area contributed by atoms with Gasteiger partial charge in [-0.05, 0) is 30.4 Å².